The fourth-order valence-corrected chi connectivity index (χ4v) is 4.16. The van der Waals surface area contributed by atoms with Gasteiger partial charge in [-0.25, -0.2) is 9.59 Å². The number of benzene rings is 2. The minimum absolute atomic E-state index is 0.151. The summed E-state index contributed by atoms with van der Waals surface area (Å²) in [6.07, 6.45) is -1.30. The number of ether oxygens (including phenoxy) is 1. The van der Waals surface area contributed by atoms with E-state index < -0.39 is 23.7 Å². The Labute approximate surface area is 194 Å². The van der Waals surface area contributed by atoms with E-state index in [1.165, 1.54) is 36.2 Å². The Morgan fingerprint density at radius 1 is 1.24 bits per heavy atom. The molecule has 1 saturated heterocycles. The minimum Gasteiger partial charge on any atom is -0.465 e. The zero-order chi connectivity index (χ0) is 23.8. The second kappa shape index (κ2) is 8.62. The number of anilines is 2. The highest BCUT2D eigenvalue weighted by Crippen LogP contribution is 2.43. The van der Waals surface area contributed by atoms with Gasteiger partial charge in [-0.15, -0.1) is 0 Å². The number of carbonyl (C=O) groups is 4. The van der Waals surface area contributed by atoms with Crippen molar-refractivity contribution < 1.29 is 29.0 Å². The van der Waals surface area contributed by atoms with Crippen LogP contribution in [0.5, 0.6) is 0 Å². The van der Waals surface area contributed by atoms with Crippen molar-refractivity contribution in [2.75, 3.05) is 36.9 Å². The molecule has 172 valence electrons. The maximum absolute atomic E-state index is 12.7. The lowest BCUT2D eigenvalue weighted by Gasteiger charge is -2.35. The number of halogens is 1. The topological polar surface area (TPSA) is 128 Å². The number of carbonyl (C=O) groups excluding carboxylic acids is 3. The van der Waals surface area contributed by atoms with E-state index in [4.69, 9.17) is 21.4 Å². The first-order chi connectivity index (χ1) is 15.7. The summed E-state index contributed by atoms with van der Waals surface area (Å²) in [4.78, 5) is 50.8. The number of carboxylic acid groups (broad SMARTS) is 1. The van der Waals surface area contributed by atoms with Crippen LogP contribution in [0.3, 0.4) is 0 Å². The number of fused-ring (bicyclic) bond motifs is 2. The molecule has 1 fully saturated rings. The Kier molecular flexibility index (Phi) is 5.86. The second-order valence-corrected chi connectivity index (χ2v) is 8.27. The molecule has 2 heterocycles. The van der Waals surface area contributed by atoms with Crippen molar-refractivity contribution in [1.82, 2.24) is 10.2 Å². The first-order valence-corrected chi connectivity index (χ1v) is 10.5. The molecular formula is C22H21ClN4O6. The Morgan fingerprint density at radius 3 is 2.67 bits per heavy atom. The van der Waals surface area contributed by atoms with E-state index in [-0.39, 0.29) is 19.0 Å². The van der Waals surface area contributed by atoms with Gasteiger partial charge in [0, 0.05) is 41.9 Å². The lowest BCUT2D eigenvalue weighted by molar-refractivity contribution is -0.130. The van der Waals surface area contributed by atoms with E-state index in [9.17, 15) is 19.2 Å². The van der Waals surface area contributed by atoms with E-state index in [1.54, 1.807) is 18.2 Å². The molecule has 2 aliphatic heterocycles. The molecule has 2 aliphatic rings. The third-order valence-corrected chi connectivity index (χ3v) is 6.02. The van der Waals surface area contributed by atoms with Crippen molar-refractivity contribution in [1.29, 1.82) is 0 Å². The molecule has 2 aromatic carbocycles. The molecule has 0 aromatic heterocycles. The van der Waals surface area contributed by atoms with Crippen LogP contribution < -0.4 is 15.5 Å². The van der Waals surface area contributed by atoms with E-state index in [2.05, 4.69) is 10.6 Å². The van der Waals surface area contributed by atoms with Gasteiger partial charge in [-0.05, 0) is 42.5 Å². The average Bonchev–Trinajstić information content (AvgIpc) is 3.21. The van der Waals surface area contributed by atoms with Gasteiger partial charge in [0.25, 0.3) is 5.91 Å². The lowest BCUT2D eigenvalue weighted by atomic mass is 9.90. The maximum atomic E-state index is 12.7. The first-order valence-electron chi connectivity index (χ1n) is 10.1. The van der Waals surface area contributed by atoms with Crippen LogP contribution in [-0.2, 0) is 15.1 Å². The third-order valence-electron chi connectivity index (χ3n) is 5.79. The second-order valence-electron chi connectivity index (χ2n) is 7.84. The Hall–Kier alpha value is -3.79. The van der Waals surface area contributed by atoms with Crippen LogP contribution in [0.4, 0.5) is 21.0 Å². The van der Waals surface area contributed by atoms with Crippen LogP contribution in [-0.4, -0.2) is 60.7 Å². The number of nitrogens with one attached hydrogen (secondary N) is 2. The standard InChI is InChI=1S/C22H21ClN4O6/c1-26(21(31)32)15-5-2-13(3-6-15)19(29)24-11-18(28)27-9-8-22(12-27)16-10-14(23)4-7-17(16)25-20(30)33-22/h2-7,10H,8-9,11-12H2,1H3,(H,24,29)(H,25,30)(H,31,32). The summed E-state index contributed by atoms with van der Waals surface area (Å²) in [7, 11) is 1.39. The molecule has 2 aromatic rings. The molecule has 4 amide bonds. The molecule has 0 radical (unpaired) electrons. The van der Waals surface area contributed by atoms with E-state index in [1.807, 2.05) is 0 Å². The molecule has 4 rings (SSSR count). The summed E-state index contributed by atoms with van der Waals surface area (Å²) in [5, 5.41) is 14.7. The fraction of sp³-hybridized carbons (Fsp3) is 0.273. The van der Waals surface area contributed by atoms with E-state index in [0.717, 1.165) is 4.90 Å². The quantitative estimate of drug-likeness (QED) is 0.627. The molecule has 0 aliphatic carbocycles. The molecule has 0 saturated carbocycles. The minimum atomic E-state index is -1.12. The average molecular weight is 473 g/mol. The summed E-state index contributed by atoms with van der Waals surface area (Å²) in [6, 6.07) is 11.1. The van der Waals surface area contributed by atoms with Gasteiger partial charge in [0.1, 0.15) is 0 Å². The van der Waals surface area contributed by atoms with Crippen molar-refractivity contribution in [2.45, 2.75) is 12.0 Å². The highest BCUT2D eigenvalue weighted by Gasteiger charge is 2.48. The Morgan fingerprint density at radius 2 is 1.97 bits per heavy atom. The number of rotatable bonds is 4. The zero-order valence-corrected chi connectivity index (χ0v) is 18.4. The summed E-state index contributed by atoms with van der Waals surface area (Å²) in [5.74, 6) is -0.784. The predicted octanol–water partition coefficient (Wildman–Crippen LogP) is 2.87. The molecule has 1 atom stereocenters. The summed E-state index contributed by atoms with van der Waals surface area (Å²) in [5.41, 5.74) is 1.01. The molecule has 10 nitrogen and oxygen atoms in total. The van der Waals surface area contributed by atoms with Crippen molar-refractivity contribution in [3.05, 3.63) is 58.6 Å². The normalized spacial score (nSPS) is 18.8. The Bertz CT molecular complexity index is 1140. The van der Waals surface area contributed by atoms with Crippen molar-refractivity contribution in [3.8, 4) is 0 Å². The van der Waals surface area contributed by atoms with Gasteiger partial charge in [0.2, 0.25) is 5.91 Å². The molecular weight excluding hydrogens is 452 g/mol. The van der Waals surface area contributed by atoms with Crippen molar-refractivity contribution in [2.24, 2.45) is 0 Å². The largest absolute Gasteiger partial charge is 0.465 e. The van der Waals surface area contributed by atoms with Crippen LogP contribution in [0.25, 0.3) is 0 Å². The summed E-state index contributed by atoms with van der Waals surface area (Å²) >= 11 is 6.13. The predicted molar refractivity (Wildman–Crippen MR) is 120 cm³/mol. The number of likely N-dealkylation sites (tertiary alicyclic amines) is 1. The molecule has 33 heavy (non-hydrogen) atoms. The first kappa shape index (κ1) is 22.4. The van der Waals surface area contributed by atoms with E-state index >= 15 is 0 Å². The van der Waals surface area contributed by atoms with Crippen LogP contribution >= 0.6 is 11.6 Å². The highest BCUT2D eigenvalue weighted by molar-refractivity contribution is 6.30. The zero-order valence-electron chi connectivity index (χ0n) is 17.6. The van der Waals surface area contributed by atoms with Crippen LogP contribution in [0.15, 0.2) is 42.5 Å². The lowest BCUT2D eigenvalue weighted by Crippen LogP contribution is -2.44. The highest BCUT2D eigenvalue weighted by atomic mass is 35.5. The van der Waals surface area contributed by atoms with E-state index in [0.29, 0.717) is 40.5 Å². The maximum Gasteiger partial charge on any atom is 0.412 e. The number of amides is 4. The fourth-order valence-electron chi connectivity index (χ4n) is 3.98. The SMILES string of the molecule is CN(C(=O)O)c1ccc(C(=O)NCC(=O)N2CCC3(C2)OC(=O)Nc2ccc(Cl)cc23)cc1. The molecule has 3 N–H and O–H groups in total. The van der Waals surface area contributed by atoms with Gasteiger partial charge in [0.15, 0.2) is 5.60 Å². The number of hydrogen-bond donors (Lipinski definition) is 3. The van der Waals surface area contributed by atoms with Gasteiger partial charge in [-0.2, -0.15) is 0 Å². The summed E-state index contributed by atoms with van der Waals surface area (Å²) in [6.45, 7) is 0.267. The molecule has 0 bridgehead atoms. The van der Waals surface area contributed by atoms with Gasteiger partial charge in [-0.1, -0.05) is 11.6 Å². The molecule has 11 heteroatoms. The Balaban J connectivity index is 1.39. The molecule has 1 spiro atoms. The monoisotopic (exact) mass is 472 g/mol. The van der Waals surface area contributed by atoms with Gasteiger partial charge in [-0.3, -0.25) is 19.8 Å². The van der Waals surface area contributed by atoms with Crippen LogP contribution in [0.1, 0.15) is 22.3 Å². The number of hydrogen-bond acceptors (Lipinski definition) is 5. The van der Waals surface area contributed by atoms with Crippen LogP contribution in [0, 0.1) is 0 Å². The van der Waals surface area contributed by atoms with Crippen molar-refractivity contribution in [3.63, 3.8) is 0 Å². The summed E-state index contributed by atoms with van der Waals surface area (Å²) < 4.78 is 5.60. The van der Waals surface area contributed by atoms with Crippen molar-refractivity contribution >= 4 is 47.0 Å². The molecule has 1 unspecified atom stereocenters. The number of nitrogens with zero attached hydrogens (tertiary/aromatic N) is 2. The third kappa shape index (κ3) is 4.42. The van der Waals surface area contributed by atoms with Gasteiger partial charge >= 0.3 is 12.2 Å². The smallest absolute Gasteiger partial charge is 0.412 e. The van der Waals surface area contributed by atoms with Crippen LogP contribution in [0.2, 0.25) is 5.02 Å². The van der Waals surface area contributed by atoms with Gasteiger partial charge < -0.3 is 20.1 Å². The van der Waals surface area contributed by atoms with Gasteiger partial charge in [0.05, 0.1) is 18.8 Å².